The van der Waals surface area contributed by atoms with Crippen molar-refractivity contribution in [3.63, 3.8) is 0 Å². The molecule has 2 aromatic carbocycles. The molecule has 0 spiro atoms. The number of nitrogens with one attached hydrogen (secondary N) is 1. The van der Waals surface area contributed by atoms with E-state index in [2.05, 4.69) is 46.4 Å². The topological polar surface area (TPSA) is 44.8 Å². The summed E-state index contributed by atoms with van der Waals surface area (Å²) >= 11 is 0. The largest absolute Gasteiger partial charge is 0.480 e. The molecule has 1 atom stereocenters. The summed E-state index contributed by atoms with van der Waals surface area (Å²) in [5.74, 6) is 0.690. The number of anilines is 1. The SMILES string of the molecule is CC[C@@H](Oc1ccccc1C)C(=O)NCc1ccc(N2CCN(C)CC2)cc1. The van der Waals surface area contributed by atoms with Gasteiger partial charge >= 0.3 is 0 Å². The smallest absolute Gasteiger partial charge is 0.261 e. The van der Waals surface area contributed by atoms with Gasteiger partial charge in [0.2, 0.25) is 0 Å². The van der Waals surface area contributed by atoms with Gasteiger partial charge in [0.05, 0.1) is 0 Å². The molecule has 150 valence electrons. The van der Waals surface area contributed by atoms with Crippen LogP contribution >= 0.6 is 0 Å². The fourth-order valence-corrected chi connectivity index (χ4v) is 3.36. The fraction of sp³-hybridized carbons (Fsp3) is 0.435. The van der Waals surface area contributed by atoms with Gasteiger partial charge in [-0.25, -0.2) is 0 Å². The lowest BCUT2D eigenvalue weighted by Crippen LogP contribution is -2.44. The van der Waals surface area contributed by atoms with E-state index in [0.717, 1.165) is 43.1 Å². The van der Waals surface area contributed by atoms with Crippen LogP contribution in [0.1, 0.15) is 24.5 Å². The maximum atomic E-state index is 12.6. The van der Waals surface area contributed by atoms with E-state index in [4.69, 9.17) is 4.74 Å². The van der Waals surface area contributed by atoms with Gasteiger partial charge in [-0.1, -0.05) is 37.3 Å². The Morgan fingerprint density at radius 3 is 2.39 bits per heavy atom. The van der Waals surface area contributed by atoms with Crippen LogP contribution in [0, 0.1) is 6.92 Å². The number of rotatable bonds is 7. The molecule has 0 saturated carbocycles. The summed E-state index contributed by atoms with van der Waals surface area (Å²) in [7, 11) is 2.16. The first-order chi connectivity index (χ1) is 13.6. The maximum Gasteiger partial charge on any atom is 0.261 e. The molecule has 0 aromatic heterocycles. The van der Waals surface area contributed by atoms with E-state index in [0.29, 0.717) is 13.0 Å². The van der Waals surface area contributed by atoms with Gasteiger partial charge in [0.15, 0.2) is 6.10 Å². The Kier molecular flexibility index (Phi) is 6.93. The third-order valence-electron chi connectivity index (χ3n) is 5.30. The lowest BCUT2D eigenvalue weighted by molar-refractivity contribution is -0.128. The third-order valence-corrected chi connectivity index (χ3v) is 5.30. The lowest BCUT2D eigenvalue weighted by Gasteiger charge is -2.34. The number of likely N-dealkylation sites (N-methyl/N-ethyl adjacent to an activating group) is 1. The number of para-hydroxylation sites is 1. The minimum atomic E-state index is -0.481. The number of carbonyl (C=O) groups excluding carboxylic acids is 1. The second kappa shape index (κ2) is 9.60. The van der Waals surface area contributed by atoms with Gasteiger partial charge in [-0.2, -0.15) is 0 Å². The van der Waals surface area contributed by atoms with Crippen LogP contribution in [0.2, 0.25) is 0 Å². The number of piperazine rings is 1. The first-order valence-electron chi connectivity index (χ1n) is 10.1. The number of aryl methyl sites for hydroxylation is 1. The molecule has 1 heterocycles. The number of ether oxygens (including phenoxy) is 1. The van der Waals surface area contributed by atoms with Gasteiger partial charge in [0.25, 0.3) is 5.91 Å². The highest BCUT2D eigenvalue weighted by Crippen LogP contribution is 2.19. The van der Waals surface area contributed by atoms with Crippen molar-refractivity contribution in [2.75, 3.05) is 38.1 Å². The molecule has 0 radical (unpaired) electrons. The first-order valence-corrected chi connectivity index (χ1v) is 10.1. The number of amides is 1. The van der Waals surface area contributed by atoms with Gasteiger partial charge < -0.3 is 19.9 Å². The molecule has 1 aliphatic rings. The van der Waals surface area contributed by atoms with E-state index in [-0.39, 0.29) is 5.91 Å². The van der Waals surface area contributed by atoms with Crippen molar-refractivity contribution in [1.29, 1.82) is 0 Å². The summed E-state index contributed by atoms with van der Waals surface area (Å²) in [6.45, 7) is 8.76. The molecule has 1 saturated heterocycles. The molecule has 0 unspecified atom stereocenters. The highest BCUT2D eigenvalue weighted by molar-refractivity contribution is 5.81. The average molecular weight is 382 g/mol. The van der Waals surface area contributed by atoms with Crippen molar-refractivity contribution < 1.29 is 9.53 Å². The quantitative estimate of drug-likeness (QED) is 0.800. The van der Waals surface area contributed by atoms with E-state index in [9.17, 15) is 4.79 Å². The van der Waals surface area contributed by atoms with Crippen LogP contribution in [0.5, 0.6) is 5.75 Å². The summed E-state index contributed by atoms with van der Waals surface area (Å²) < 4.78 is 5.93. The van der Waals surface area contributed by atoms with E-state index < -0.39 is 6.10 Å². The number of hydrogen-bond acceptors (Lipinski definition) is 4. The van der Waals surface area contributed by atoms with Crippen LogP contribution in [0.3, 0.4) is 0 Å². The van der Waals surface area contributed by atoms with E-state index in [1.54, 1.807) is 0 Å². The molecule has 1 N–H and O–H groups in total. The van der Waals surface area contributed by atoms with Crippen molar-refractivity contribution in [2.45, 2.75) is 32.9 Å². The molecule has 0 bridgehead atoms. The van der Waals surface area contributed by atoms with E-state index in [1.165, 1.54) is 5.69 Å². The molecule has 1 amide bonds. The summed E-state index contributed by atoms with van der Waals surface area (Å²) in [5, 5.41) is 3.01. The van der Waals surface area contributed by atoms with Crippen molar-refractivity contribution in [1.82, 2.24) is 10.2 Å². The summed E-state index contributed by atoms with van der Waals surface area (Å²) in [4.78, 5) is 17.3. The van der Waals surface area contributed by atoms with E-state index >= 15 is 0 Å². The zero-order valence-corrected chi connectivity index (χ0v) is 17.1. The molecular formula is C23H31N3O2. The molecule has 5 heteroatoms. The summed E-state index contributed by atoms with van der Waals surface area (Å²) in [6, 6.07) is 16.3. The molecule has 0 aliphatic carbocycles. The predicted octanol–water partition coefficient (Wildman–Crippen LogP) is 3.22. The normalized spacial score (nSPS) is 15.9. The van der Waals surface area contributed by atoms with Crippen LogP contribution in [0.15, 0.2) is 48.5 Å². The Morgan fingerprint density at radius 1 is 1.07 bits per heavy atom. The Balaban J connectivity index is 1.52. The average Bonchev–Trinajstić information content (AvgIpc) is 2.72. The van der Waals surface area contributed by atoms with Crippen molar-refractivity contribution in [3.8, 4) is 5.75 Å². The zero-order valence-electron chi connectivity index (χ0n) is 17.1. The van der Waals surface area contributed by atoms with Crippen LogP contribution in [0.25, 0.3) is 0 Å². The molecule has 1 aliphatic heterocycles. The highest BCUT2D eigenvalue weighted by Gasteiger charge is 2.19. The van der Waals surface area contributed by atoms with Crippen molar-refractivity contribution in [2.24, 2.45) is 0 Å². The van der Waals surface area contributed by atoms with Gasteiger partial charge in [0.1, 0.15) is 5.75 Å². The third kappa shape index (κ3) is 5.26. The van der Waals surface area contributed by atoms with Crippen LogP contribution in [-0.2, 0) is 11.3 Å². The van der Waals surface area contributed by atoms with E-state index in [1.807, 2.05) is 38.1 Å². The number of nitrogens with zero attached hydrogens (tertiary/aromatic N) is 2. The molecule has 3 rings (SSSR count). The minimum absolute atomic E-state index is 0.0751. The number of benzene rings is 2. The number of hydrogen-bond donors (Lipinski definition) is 1. The number of carbonyl (C=O) groups is 1. The Bertz CT molecular complexity index is 768. The fourth-order valence-electron chi connectivity index (χ4n) is 3.36. The summed E-state index contributed by atoms with van der Waals surface area (Å²) in [6.07, 6.45) is 0.147. The molecular weight excluding hydrogens is 350 g/mol. The van der Waals surface area contributed by atoms with Gasteiger partial charge in [-0.15, -0.1) is 0 Å². The minimum Gasteiger partial charge on any atom is -0.480 e. The first kappa shape index (κ1) is 20.2. The second-order valence-electron chi connectivity index (χ2n) is 7.45. The lowest BCUT2D eigenvalue weighted by atomic mass is 10.1. The Hall–Kier alpha value is -2.53. The molecule has 2 aromatic rings. The van der Waals surface area contributed by atoms with Gasteiger partial charge in [0, 0.05) is 38.4 Å². The van der Waals surface area contributed by atoms with Crippen molar-refractivity contribution >= 4 is 11.6 Å². The van der Waals surface area contributed by atoms with Crippen LogP contribution in [0.4, 0.5) is 5.69 Å². The van der Waals surface area contributed by atoms with Crippen molar-refractivity contribution in [3.05, 3.63) is 59.7 Å². The maximum absolute atomic E-state index is 12.6. The highest BCUT2D eigenvalue weighted by atomic mass is 16.5. The zero-order chi connectivity index (χ0) is 19.9. The van der Waals surface area contributed by atoms with Crippen LogP contribution < -0.4 is 15.0 Å². The second-order valence-corrected chi connectivity index (χ2v) is 7.45. The molecule has 28 heavy (non-hydrogen) atoms. The molecule has 1 fully saturated rings. The van der Waals surface area contributed by atoms with Gasteiger partial charge in [-0.05, 0) is 49.7 Å². The standard InChI is InChI=1S/C23H31N3O2/c1-4-21(28-22-8-6-5-7-18(22)2)23(27)24-17-19-9-11-20(12-10-19)26-15-13-25(3)14-16-26/h5-12,21H,4,13-17H2,1-3H3,(H,24,27)/t21-/m1/s1. The Morgan fingerprint density at radius 2 is 1.75 bits per heavy atom. The monoisotopic (exact) mass is 381 g/mol. The van der Waals surface area contributed by atoms with Gasteiger partial charge in [-0.3, -0.25) is 4.79 Å². The predicted molar refractivity (Wildman–Crippen MR) is 114 cm³/mol. The van der Waals surface area contributed by atoms with Crippen LogP contribution in [-0.4, -0.2) is 50.1 Å². The molecule has 5 nitrogen and oxygen atoms in total. The Labute approximate surface area is 168 Å². The summed E-state index contributed by atoms with van der Waals surface area (Å²) in [5.41, 5.74) is 3.38.